The molecule has 0 fully saturated rings. The molecule has 0 amide bonds. The zero-order valence-electron chi connectivity index (χ0n) is 11.7. The third kappa shape index (κ3) is 5.28. The monoisotopic (exact) mass is 242 g/mol. The molecule has 2 nitrogen and oxygen atoms in total. The van der Waals surface area contributed by atoms with E-state index < -0.39 is 0 Å². The van der Waals surface area contributed by atoms with Crippen molar-refractivity contribution in [3.63, 3.8) is 0 Å². The summed E-state index contributed by atoms with van der Waals surface area (Å²) in [6.07, 6.45) is 2.77. The van der Waals surface area contributed by atoms with E-state index in [9.17, 15) is 0 Å². The molecule has 0 aromatic carbocycles. The molecule has 0 saturated heterocycles. The van der Waals surface area contributed by atoms with Gasteiger partial charge in [-0.05, 0) is 38.3 Å². The van der Waals surface area contributed by atoms with Crippen molar-refractivity contribution < 1.29 is 0 Å². The standard InChI is InChI=1S/C13H30N2Si/c1-6-11-16-12-13(14(7-2)8-3)15(9-4)10-5/h6,13H,1,7-12,16H2,2-5H3. The number of rotatable bonds is 10. The predicted molar refractivity (Wildman–Crippen MR) is 78.0 cm³/mol. The van der Waals surface area contributed by atoms with Gasteiger partial charge in [-0.25, -0.2) is 0 Å². The molecule has 0 atom stereocenters. The van der Waals surface area contributed by atoms with Crippen LogP contribution in [0, 0.1) is 0 Å². The minimum atomic E-state index is 0.0396. The van der Waals surface area contributed by atoms with Crippen molar-refractivity contribution in [2.75, 3.05) is 26.2 Å². The highest BCUT2D eigenvalue weighted by Gasteiger charge is 2.20. The van der Waals surface area contributed by atoms with Gasteiger partial charge in [0.25, 0.3) is 0 Å². The van der Waals surface area contributed by atoms with Crippen LogP contribution in [0.4, 0.5) is 0 Å². The maximum Gasteiger partial charge on any atom is 0.0592 e. The average Bonchev–Trinajstić information content (AvgIpc) is 2.31. The molecule has 0 spiro atoms. The zero-order valence-corrected chi connectivity index (χ0v) is 13.1. The quantitative estimate of drug-likeness (QED) is 0.251. The molecule has 0 unspecified atom stereocenters. The number of hydrogen-bond donors (Lipinski definition) is 0. The molecule has 0 N–H and O–H groups in total. The molecule has 0 aromatic heterocycles. The van der Waals surface area contributed by atoms with Gasteiger partial charge in [0.2, 0.25) is 0 Å². The van der Waals surface area contributed by atoms with Gasteiger partial charge in [0, 0.05) is 9.52 Å². The summed E-state index contributed by atoms with van der Waals surface area (Å²) in [4.78, 5) is 5.20. The van der Waals surface area contributed by atoms with Crippen LogP contribution in [0.3, 0.4) is 0 Å². The number of hydrogen-bond acceptors (Lipinski definition) is 2. The van der Waals surface area contributed by atoms with E-state index in [2.05, 4.69) is 50.1 Å². The molecular formula is C13H30N2Si. The van der Waals surface area contributed by atoms with Crippen molar-refractivity contribution in [3.8, 4) is 0 Å². The lowest BCUT2D eigenvalue weighted by atomic mass is 10.3. The Morgan fingerprint density at radius 2 is 1.44 bits per heavy atom. The number of allylic oxidation sites excluding steroid dienone is 1. The van der Waals surface area contributed by atoms with Gasteiger partial charge in [0.05, 0.1) is 6.17 Å². The lowest BCUT2D eigenvalue weighted by molar-refractivity contribution is 0.0711. The molecule has 0 aromatic rings. The summed E-state index contributed by atoms with van der Waals surface area (Å²) < 4.78 is 0. The Morgan fingerprint density at radius 1 is 1.00 bits per heavy atom. The molecule has 0 rings (SSSR count). The lowest BCUT2D eigenvalue weighted by Crippen LogP contribution is -2.48. The minimum Gasteiger partial charge on any atom is -0.289 e. The van der Waals surface area contributed by atoms with Crippen molar-refractivity contribution in [3.05, 3.63) is 12.7 Å². The highest BCUT2D eigenvalue weighted by molar-refractivity contribution is 6.36. The second-order valence-corrected chi connectivity index (χ2v) is 6.00. The van der Waals surface area contributed by atoms with Gasteiger partial charge >= 0.3 is 0 Å². The first kappa shape index (κ1) is 15.9. The summed E-state index contributed by atoms with van der Waals surface area (Å²) in [7, 11) is 0.0396. The van der Waals surface area contributed by atoms with Gasteiger partial charge in [0.15, 0.2) is 0 Å². The van der Waals surface area contributed by atoms with Crippen LogP contribution in [0.5, 0.6) is 0 Å². The summed E-state index contributed by atoms with van der Waals surface area (Å²) in [6.45, 7) is 17.6. The second kappa shape index (κ2) is 10.1. The molecule has 0 aliphatic rings. The summed E-state index contributed by atoms with van der Waals surface area (Å²) in [5, 5.41) is 0. The fourth-order valence-electron chi connectivity index (χ4n) is 2.33. The first-order valence-corrected chi connectivity index (χ1v) is 8.83. The second-order valence-electron chi connectivity index (χ2n) is 4.14. The van der Waals surface area contributed by atoms with E-state index in [-0.39, 0.29) is 9.52 Å². The van der Waals surface area contributed by atoms with Crippen LogP contribution >= 0.6 is 0 Å². The Labute approximate surface area is 105 Å². The van der Waals surface area contributed by atoms with Gasteiger partial charge in [-0.15, -0.1) is 6.58 Å². The Kier molecular flexibility index (Phi) is 9.98. The summed E-state index contributed by atoms with van der Waals surface area (Å²) >= 11 is 0. The average molecular weight is 242 g/mol. The Morgan fingerprint density at radius 3 is 1.75 bits per heavy atom. The van der Waals surface area contributed by atoms with Crippen LogP contribution in [0.2, 0.25) is 12.1 Å². The van der Waals surface area contributed by atoms with Gasteiger partial charge in [-0.3, -0.25) is 9.80 Å². The third-order valence-electron chi connectivity index (χ3n) is 3.34. The maximum absolute atomic E-state index is 3.84. The first-order chi connectivity index (χ1) is 7.74. The molecule has 0 saturated carbocycles. The Hall–Kier alpha value is -0.123. The van der Waals surface area contributed by atoms with Gasteiger partial charge in [-0.1, -0.05) is 33.8 Å². The molecule has 0 aliphatic heterocycles. The fraction of sp³-hybridized carbons (Fsp3) is 0.846. The topological polar surface area (TPSA) is 6.48 Å². The smallest absolute Gasteiger partial charge is 0.0592 e. The Balaban J connectivity index is 4.39. The zero-order chi connectivity index (χ0) is 12.4. The van der Waals surface area contributed by atoms with Crippen molar-refractivity contribution in [1.29, 1.82) is 0 Å². The molecular weight excluding hydrogens is 212 g/mol. The highest BCUT2D eigenvalue weighted by atomic mass is 28.2. The van der Waals surface area contributed by atoms with Crippen molar-refractivity contribution in [2.45, 2.75) is 45.9 Å². The highest BCUT2D eigenvalue weighted by Crippen LogP contribution is 2.11. The normalized spacial score (nSPS) is 12.4. The van der Waals surface area contributed by atoms with E-state index in [0.29, 0.717) is 6.17 Å². The van der Waals surface area contributed by atoms with Crippen LogP contribution in [0.25, 0.3) is 0 Å². The summed E-state index contributed by atoms with van der Waals surface area (Å²) in [6, 6.07) is 2.68. The van der Waals surface area contributed by atoms with Gasteiger partial charge < -0.3 is 0 Å². The SMILES string of the molecule is C=CC[SiH2]CC(N(CC)CC)N(CC)CC. The molecule has 0 aliphatic carbocycles. The summed E-state index contributed by atoms with van der Waals surface area (Å²) in [5.74, 6) is 0. The molecule has 96 valence electrons. The third-order valence-corrected chi connectivity index (χ3v) is 5.08. The predicted octanol–water partition coefficient (Wildman–Crippen LogP) is 2.19. The van der Waals surface area contributed by atoms with Crippen LogP contribution in [-0.4, -0.2) is 51.7 Å². The number of nitrogens with zero attached hydrogens (tertiary/aromatic N) is 2. The Bertz CT molecular complexity index is 153. The van der Waals surface area contributed by atoms with E-state index in [4.69, 9.17) is 0 Å². The van der Waals surface area contributed by atoms with E-state index in [0.717, 1.165) is 0 Å². The maximum atomic E-state index is 3.84. The lowest BCUT2D eigenvalue weighted by Gasteiger charge is -2.38. The van der Waals surface area contributed by atoms with Gasteiger partial charge in [-0.2, -0.15) is 0 Å². The first-order valence-electron chi connectivity index (χ1n) is 6.83. The fourth-order valence-corrected chi connectivity index (χ4v) is 3.95. The van der Waals surface area contributed by atoms with E-state index in [1.807, 2.05) is 0 Å². The van der Waals surface area contributed by atoms with E-state index in [1.54, 1.807) is 0 Å². The molecule has 3 heteroatoms. The van der Waals surface area contributed by atoms with E-state index >= 15 is 0 Å². The van der Waals surface area contributed by atoms with E-state index in [1.165, 1.54) is 38.3 Å². The molecule has 0 radical (unpaired) electrons. The van der Waals surface area contributed by atoms with Gasteiger partial charge in [0.1, 0.15) is 0 Å². The minimum absolute atomic E-state index is 0.0396. The molecule has 0 heterocycles. The summed E-state index contributed by atoms with van der Waals surface area (Å²) in [5.41, 5.74) is 0. The van der Waals surface area contributed by atoms with Crippen molar-refractivity contribution >= 4 is 9.52 Å². The van der Waals surface area contributed by atoms with Crippen LogP contribution in [-0.2, 0) is 0 Å². The van der Waals surface area contributed by atoms with Crippen LogP contribution in [0.15, 0.2) is 12.7 Å². The van der Waals surface area contributed by atoms with Crippen molar-refractivity contribution in [2.24, 2.45) is 0 Å². The van der Waals surface area contributed by atoms with Crippen LogP contribution < -0.4 is 0 Å². The molecule has 0 bridgehead atoms. The molecule has 16 heavy (non-hydrogen) atoms. The van der Waals surface area contributed by atoms with Crippen LogP contribution in [0.1, 0.15) is 27.7 Å². The largest absolute Gasteiger partial charge is 0.289 e. The van der Waals surface area contributed by atoms with Crippen molar-refractivity contribution in [1.82, 2.24) is 9.80 Å².